The number of anilines is 1. The van der Waals surface area contributed by atoms with Gasteiger partial charge in [0.15, 0.2) is 0 Å². The highest BCUT2D eigenvalue weighted by atomic mass is 35.5. The summed E-state index contributed by atoms with van der Waals surface area (Å²) in [5.41, 5.74) is 9.19. The fraction of sp³-hybridized carbons (Fsp3) is 0.160. The summed E-state index contributed by atoms with van der Waals surface area (Å²) in [7, 11) is 1.64. The van der Waals surface area contributed by atoms with Gasteiger partial charge in [0, 0.05) is 42.6 Å². The van der Waals surface area contributed by atoms with Crippen LogP contribution >= 0.6 is 11.6 Å². The van der Waals surface area contributed by atoms with E-state index in [0.717, 1.165) is 11.1 Å². The number of nitrogens with two attached hydrogens (primary N) is 1. The first kappa shape index (κ1) is 22.6. The molecule has 0 spiro atoms. The third-order valence-corrected chi connectivity index (χ3v) is 5.71. The molecule has 0 saturated heterocycles. The SMILES string of the molecule is Cn1c(NC[C@@H](N)Cc2ccccc2Cl)nc(-c2ccncc2)c(-c2ccc(F)cc2)c1=O. The summed E-state index contributed by atoms with van der Waals surface area (Å²) in [6.45, 7) is 0.386. The van der Waals surface area contributed by atoms with E-state index in [9.17, 15) is 9.18 Å². The van der Waals surface area contributed by atoms with Crippen molar-refractivity contribution in [3.63, 3.8) is 0 Å². The molecule has 4 rings (SSSR count). The molecule has 3 N–H and O–H groups in total. The van der Waals surface area contributed by atoms with Crippen molar-refractivity contribution in [2.24, 2.45) is 12.8 Å². The molecule has 0 fully saturated rings. The van der Waals surface area contributed by atoms with Crippen molar-refractivity contribution in [3.05, 3.63) is 99.8 Å². The Bertz CT molecular complexity index is 1310. The number of hydrogen-bond donors (Lipinski definition) is 2. The molecule has 0 radical (unpaired) electrons. The number of hydrogen-bond acceptors (Lipinski definition) is 5. The first-order chi connectivity index (χ1) is 15.9. The Labute approximate surface area is 195 Å². The van der Waals surface area contributed by atoms with Gasteiger partial charge in [-0.2, -0.15) is 0 Å². The molecule has 0 unspecified atom stereocenters. The highest BCUT2D eigenvalue weighted by molar-refractivity contribution is 6.31. The van der Waals surface area contributed by atoms with Gasteiger partial charge in [-0.3, -0.25) is 14.3 Å². The Morgan fingerprint density at radius 1 is 1.06 bits per heavy atom. The van der Waals surface area contributed by atoms with Crippen LogP contribution in [0.3, 0.4) is 0 Å². The molecule has 0 aliphatic heterocycles. The fourth-order valence-corrected chi connectivity index (χ4v) is 3.81. The summed E-state index contributed by atoms with van der Waals surface area (Å²) in [5, 5.41) is 3.87. The van der Waals surface area contributed by atoms with Crippen LogP contribution in [0.15, 0.2) is 77.9 Å². The van der Waals surface area contributed by atoms with Crippen LogP contribution in [0.1, 0.15) is 5.56 Å². The minimum Gasteiger partial charge on any atom is -0.354 e. The predicted octanol–water partition coefficient (Wildman–Crippen LogP) is 4.28. The Morgan fingerprint density at radius 3 is 2.45 bits per heavy atom. The van der Waals surface area contributed by atoms with Crippen molar-refractivity contribution in [1.82, 2.24) is 14.5 Å². The fourth-order valence-electron chi connectivity index (χ4n) is 3.60. The lowest BCUT2D eigenvalue weighted by molar-refractivity contribution is 0.628. The maximum absolute atomic E-state index is 13.5. The van der Waals surface area contributed by atoms with Gasteiger partial charge in [-0.1, -0.05) is 41.9 Å². The molecule has 0 saturated carbocycles. The predicted molar refractivity (Wildman–Crippen MR) is 130 cm³/mol. The van der Waals surface area contributed by atoms with Crippen LogP contribution in [-0.4, -0.2) is 27.1 Å². The number of nitrogens with one attached hydrogen (secondary N) is 1. The zero-order valence-corrected chi connectivity index (χ0v) is 18.8. The van der Waals surface area contributed by atoms with E-state index < -0.39 is 0 Å². The van der Waals surface area contributed by atoms with Crippen molar-refractivity contribution in [2.45, 2.75) is 12.5 Å². The maximum Gasteiger partial charge on any atom is 0.263 e. The first-order valence-corrected chi connectivity index (χ1v) is 10.8. The number of benzene rings is 2. The minimum atomic E-state index is -0.375. The van der Waals surface area contributed by atoms with E-state index in [1.54, 1.807) is 43.7 Å². The average Bonchev–Trinajstić information content (AvgIpc) is 2.83. The third-order valence-electron chi connectivity index (χ3n) is 5.34. The van der Waals surface area contributed by atoms with Gasteiger partial charge in [0.1, 0.15) is 5.82 Å². The zero-order chi connectivity index (χ0) is 23.4. The molecule has 2 aromatic heterocycles. The minimum absolute atomic E-state index is 0.247. The van der Waals surface area contributed by atoms with E-state index >= 15 is 0 Å². The van der Waals surface area contributed by atoms with Gasteiger partial charge in [-0.25, -0.2) is 9.37 Å². The van der Waals surface area contributed by atoms with Crippen LogP contribution < -0.4 is 16.6 Å². The molecular weight excluding hydrogens is 441 g/mol. The van der Waals surface area contributed by atoms with Crippen LogP contribution in [-0.2, 0) is 13.5 Å². The molecule has 0 aliphatic rings. The number of halogens is 2. The molecule has 168 valence electrons. The van der Waals surface area contributed by atoms with Crippen LogP contribution in [0.4, 0.5) is 10.3 Å². The molecule has 0 bridgehead atoms. The number of aromatic nitrogens is 3. The highest BCUT2D eigenvalue weighted by Gasteiger charge is 2.19. The van der Waals surface area contributed by atoms with Crippen molar-refractivity contribution < 1.29 is 4.39 Å². The van der Waals surface area contributed by atoms with Gasteiger partial charge >= 0.3 is 0 Å². The Balaban J connectivity index is 1.68. The van der Waals surface area contributed by atoms with E-state index in [2.05, 4.69) is 10.3 Å². The molecular formula is C25H23ClFN5O. The van der Waals surface area contributed by atoms with Crippen LogP contribution in [0, 0.1) is 5.82 Å². The van der Waals surface area contributed by atoms with Crippen molar-refractivity contribution in [1.29, 1.82) is 0 Å². The second-order valence-electron chi connectivity index (χ2n) is 7.70. The Morgan fingerprint density at radius 2 is 1.76 bits per heavy atom. The second-order valence-corrected chi connectivity index (χ2v) is 8.11. The molecule has 33 heavy (non-hydrogen) atoms. The molecule has 2 aromatic carbocycles. The normalized spacial score (nSPS) is 11.9. The molecule has 8 heteroatoms. The van der Waals surface area contributed by atoms with Crippen LogP contribution in [0.25, 0.3) is 22.4 Å². The molecule has 4 aromatic rings. The number of pyridine rings is 1. The second kappa shape index (κ2) is 9.94. The topological polar surface area (TPSA) is 85.8 Å². The largest absolute Gasteiger partial charge is 0.354 e. The van der Waals surface area contributed by atoms with Crippen LogP contribution in [0.2, 0.25) is 5.02 Å². The van der Waals surface area contributed by atoms with Gasteiger partial charge in [-0.15, -0.1) is 0 Å². The highest BCUT2D eigenvalue weighted by Crippen LogP contribution is 2.28. The Kier molecular flexibility index (Phi) is 6.82. The van der Waals surface area contributed by atoms with E-state index in [0.29, 0.717) is 40.8 Å². The summed E-state index contributed by atoms with van der Waals surface area (Å²) >= 11 is 6.24. The van der Waals surface area contributed by atoms with E-state index in [1.165, 1.54) is 16.7 Å². The summed E-state index contributed by atoms with van der Waals surface area (Å²) in [5.74, 6) is 0.00655. The van der Waals surface area contributed by atoms with Gasteiger partial charge in [0.25, 0.3) is 5.56 Å². The summed E-state index contributed by atoms with van der Waals surface area (Å²) in [4.78, 5) is 22.2. The lowest BCUT2D eigenvalue weighted by atomic mass is 10.0. The summed E-state index contributed by atoms with van der Waals surface area (Å²) < 4.78 is 14.9. The quantitative estimate of drug-likeness (QED) is 0.427. The maximum atomic E-state index is 13.5. The van der Waals surface area contributed by atoms with Gasteiger partial charge in [-0.05, 0) is 47.9 Å². The zero-order valence-electron chi connectivity index (χ0n) is 18.0. The molecule has 6 nitrogen and oxygen atoms in total. The van der Waals surface area contributed by atoms with Gasteiger partial charge in [0.05, 0.1) is 11.3 Å². The smallest absolute Gasteiger partial charge is 0.263 e. The van der Waals surface area contributed by atoms with Crippen molar-refractivity contribution >= 4 is 17.5 Å². The standard InChI is InChI=1S/C25H23ClFN5O/c1-32-24(33)22(16-6-8-19(27)9-7-16)23(17-10-12-29-13-11-17)31-25(32)30-15-20(28)14-18-4-2-3-5-21(18)26/h2-13,20H,14-15,28H2,1H3,(H,30,31)/t20-/m0/s1. The van der Waals surface area contributed by atoms with Crippen molar-refractivity contribution in [3.8, 4) is 22.4 Å². The van der Waals surface area contributed by atoms with Crippen molar-refractivity contribution in [2.75, 3.05) is 11.9 Å². The summed E-state index contributed by atoms with van der Waals surface area (Å²) in [6.07, 6.45) is 3.84. The van der Waals surface area contributed by atoms with E-state index in [1.807, 2.05) is 24.3 Å². The number of nitrogens with zero attached hydrogens (tertiary/aromatic N) is 3. The monoisotopic (exact) mass is 463 g/mol. The molecule has 0 amide bonds. The van der Waals surface area contributed by atoms with E-state index in [-0.39, 0.29) is 17.4 Å². The van der Waals surface area contributed by atoms with Gasteiger partial charge in [0.2, 0.25) is 5.95 Å². The van der Waals surface area contributed by atoms with Crippen LogP contribution in [0.5, 0.6) is 0 Å². The molecule has 0 aliphatic carbocycles. The molecule has 2 heterocycles. The first-order valence-electron chi connectivity index (χ1n) is 10.4. The lowest BCUT2D eigenvalue weighted by Crippen LogP contribution is -2.34. The Hall–Kier alpha value is -3.55. The lowest BCUT2D eigenvalue weighted by Gasteiger charge is -2.18. The molecule has 1 atom stereocenters. The number of rotatable bonds is 7. The third kappa shape index (κ3) is 5.10. The van der Waals surface area contributed by atoms with Gasteiger partial charge < -0.3 is 11.1 Å². The average molecular weight is 464 g/mol. The summed E-state index contributed by atoms with van der Waals surface area (Å²) in [6, 6.07) is 16.7. The van der Waals surface area contributed by atoms with E-state index in [4.69, 9.17) is 22.3 Å².